The van der Waals surface area contributed by atoms with Crippen molar-refractivity contribution in [1.82, 2.24) is 4.90 Å². The number of aliphatic hydroxyl groups excluding tert-OH is 1. The molecule has 5 heteroatoms. The summed E-state index contributed by atoms with van der Waals surface area (Å²) in [6, 6.07) is 11.5. The predicted molar refractivity (Wildman–Crippen MR) is 89.5 cm³/mol. The number of furan rings is 1. The zero-order valence-electron chi connectivity index (χ0n) is 13.9. The summed E-state index contributed by atoms with van der Waals surface area (Å²) in [6.07, 6.45) is 3.92. The molecule has 5 nitrogen and oxygen atoms in total. The summed E-state index contributed by atoms with van der Waals surface area (Å²) in [4.78, 5) is 13.9. The molecule has 1 fully saturated rings. The Morgan fingerprint density at radius 1 is 1.38 bits per heavy atom. The summed E-state index contributed by atoms with van der Waals surface area (Å²) in [7, 11) is 1.38. The number of methoxy groups -OCH3 is 1. The van der Waals surface area contributed by atoms with Crippen molar-refractivity contribution in [1.29, 1.82) is 0 Å². The first kappa shape index (κ1) is 16.7. The molecule has 0 radical (unpaired) electrons. The Balaban J connectivity index is 1.60. The number of benzene rings is 1. The normalized spacial score (nSPS) is 19.3. The number of hydrogen-bond donors (Lipinski definition) is 1. The number of ether oxygens (including phenoxy) is 1. The van der Waals surface area contributed by atoms with Crippen molar-refractivity contribution in [2.24, 2.45) is 0 Å². The van der Waals surface area contributed by atoms with Crippen LogP contribution < -0.4 is 0 Å². The van der Waals surface area contributed by atoms with Crippen LogP contribution in [0.25, 0.3) is 0 Å². The van der Waals surface area contributed by atoms with Crippen molar-refractivity contribution in [3.05, 3.63) is 59.5 Å². The van der Waals surface area contributed by atoms with E-state index < -0.39 is 6.10 Å². The molecule has 0 saturated carbocycles. The molecule has 24 heavy (non-hydrogen) atoms. The van der Waals surface area contributed by atoms with Gasteiger partial charge in [-0.3, -0.25) is 4.90 Å². The number of carbonyl (C=O) groups excluding carboxylic acids is 1. The highest BCUT2D eigenvalue weighted by molar-refractivity contribution is 5.89. The van der Waals surface area contributed by atoms with E-state index in [-0.39, 0.29) is 5.97 Å². The van der Waals surface area contributed by atoms with Crippen LogP contribution in [0.15, 0.2) is 47.1 Å². The van der Waals surface area contributed by atoms with E-state index in [0.29, 0.717) is 23.8 Å². The van der Waals surface area contributed by atoms with Crippen LogP contribution >= 0.6 is 0 Å². The van der Waals surface area contributed by atoms with Crippen LogP contribution in [0.1, 0.15) is 47.0 Å². The highest BCUT2D eigenvalue weighted by Gasteiger charge is 2.28. The van der Waals surface area contributed by atoms with E-state index in [1.807, 2.05) is 18.2 Å². The van der Waals surface area contributed by atoms with Gasteiger partial charge in [-0.25, -0.2) is 4.79 Å². The molecule has 2 heterocycles. The molecule has 3 rings (SSSR count). The largest absolute Gasteiger partial charge is 0.467 e. The second-order valence-electron chi connectivity index (χ2n) is 6.22. The molecule has 1 N–H and O–H groups in total. The molecule has 0 amide bonds. The minimum atomic E-state index is -0.563. The standard InChI is InChI=1S/C19H23NO4/c1-23-19(22)15-8-6-14(7-9-15)13-20-10-2-4-16(20)12-17(21)18-5-3-11-24-18/h3,5-9,11,16-17,21H,2,4,10,12-13H2,1H3. The molecule has 1 aliphatic heterocycles. The monoisotopic (exact) mass is 329 g/mol. The van der Waals surface area contributed by atoms with Crippen LogP contribution in [0.4, 0.5) is 0 Å². The Morgan fingerprint density at radius 3 is 2.83 bits per heavy atom. The van der Waals surface area contributed by atoms with Crippen LogP contribution in [-0.4, -0.2) is 35.7 Å². The molecule has 0 bridgehead atoms. The first-order valence-electron chi connectivity index (χ1n) is 8.30. The van der Waals surface area contributed by atoms with Gasteiger partial charge in [0.05, 0.1) is 18.9 Å². The minimum absolute atomic E-state index is 0.317. The van der Waals surface area contributed by atoms with E-state index in [9.17, 15) is 9.90 Å². The summed E-state index contributed by atoms with van der Waals surface area (Å²) in [5.74, 6) is 0.312. The second kappa shape index (κ2) is 7.64. The Kier molecular flexibility index (Phi) is 5.33. The van der Waals surface area contributed by atoms with E-state index in [4.69, 9.17) is 9.15 Å². The van der Waals surface area contributed by atoms with Crippen LogP contribution in [0.2, 0.25) is 0 Å². The Morgan fingerprint density at radius 2 is 2.17 bits per heavy atom. The maximum atomic E-state index is 11.5. The first-order valence-corrected chi connectivity index (χ1v) is 8.30. The fraction of sp³-hybridized carbons (Fsp3) is 0.421. The number of hydrogen-bond acceptors (Lipinski definition) is 5. The highest BCUT2D eigenvalue weighted by Crippen LogP contribution is 2.28. The van der Waals surface area contributed by atoms with Gasteiger partial charge in [0, 0.05) is 12.6 Å². The minimum Gasteiger partial charge on any atom is -0.467 e. The van der Waals surface area contributed by atoms with Gasteiger partial charge in [0.2, 0.25) is 0 Å². The van der Waals surface area contributed by atoms with Crippen LogP contribution in [0, 0.1) is 0 Å². The first-order chi connectivity index (χ1) is 11.7. The van der Waals surface area contributed by atoms with Gasteiger partial charge in [-0.15, -0.1) is 0 Å². The number of nitrogens with zero attached hydrogens (tertiary/aromatic N) is 1. The molecule has 1 aliphatic rings. The zero-order chi connectivity index (χ0) is 16.9. The summed E-state index contributed by atoms with van der Waals surface area (Å²) >= 11 is 0. The van der Waals surface area contributed by atoms with Gasteiger partial charge < -0.3 is 14.3 Å². The van der Waals surface area contributed by atoms with Crippen molar-refractivity contribution in [2.75, 3.05) is 13.7 Å². The van der Waals surface area contributed by atoms with Gasteiger partial charge >= 0.3 is 5.97 Å². The van der Waals surface area contributed by atoms with E-state index in [0.717, 1.165) is 31.5 Å². The summed E-state index contributed by atoms with van der Waals surface area (Å²) in [5, 5.41) is 10.3. The molecule has 2 aromatic rings. The van der Waals surface area contributed by atoms with Gasteiger partial charge in [-0.05, 0) is 55.6 Å². The van der Waals surface area contributed by atoms with Crippen molar-refractivity contribution in [2.45, 2.75) is 38.0 Å². The van der Waals surface area contributed by atoms with Crippen LogP contribution in [-0.2, 0) is 11.3 Å². The van der Waals surface area contributed by atoms with Crippen molar-refractivity contribution in [3.8, 4) is 0 Å². The number of rotatable bonds is 6. The number of carbonyl (C=O) groups is 1. The molecular weight excluding hydrogens is 306 g/mol. The maximum Gasteiger partial charge on any atom is 0.337 e. The molecule has 0 spiro atoms. The average Bonchev–Trinajstić information content (AvgIpc) is 3.27. The van der Waals surface area contributed by atoms with Gasteiger partial charge in [-0.2, -0.15) is 0 Å². The van der Waals surface area contributed by atoms with Crippen LogP contribution in [0.3, 0.4) is 0 Å². The third-order valence-corrected chi connectivity index (χ3v) is 4.63. The summed E-state index contributed by atoms with van der Waals surface area (Å²) in [5.41, 5.74) is 1.72. The van der Waals surface area contributed by atoms with Crippen molar-refractivity contribution < 1.29 is 19.1 Å². The Labute approximate surface area is 141 Å². The Hall–Kier alpha value is -2.11. The SMILES string of the molecule is COC(=O)c1ccc(CN2CCCC2CC(O)c2ccco2)cc1. The van der Waals surface area contributed by atoms with E-state index >= 15 is 0 Å². The van der Waals surface area contributed by atoms with E-state index in [1.165, 1.54) is 7.11 Å². The second-order valence-corrected chi connectivity index (χ2v) is 6.22. The van der Waals surface area contributed by atoms with Gasteiger partial charge in [0.25, 0.3) is 0 Å². The molecule has 1 aromatic heterocycles. The smallest absolute Gasteiger partial charge is 0.337 e. The topological polar surface area (TPSA) is 62.9 Å². The third-order valence-electron chi connectivity index (χ3n) is 4.63. The lowest BCUT2D eigenvalue weighted by molar-refractivity contribution is 0.0600. The zero-order valence-corrected chi connectivity index (χ0v) is 13.9. The Bertz CT molecular complexity index is 651. The van der Waals surface area contributed by atoms with Gasteiger partial charge in [-0.1, -0.05) is 12.1 Å². The molecular formula is C19H23NO4. The quantitative estimate of drug-likeness (QED) is 0.825. The lowest BCUT2D eigenvalue weighted by Crippen LogP contribution is -2.30. The van der Waals surface area contributed by atoms with Gasteiger partial charge in [0.15, 0.2) is 0 Å². The van der Waals surface area contributed by atoms with E-state index in [2.05, 4.69) is 4.90 Å². The highest BCUT2D eigenvalue weighted by atomic mass is 16.5. The fourth-order valence-corrected chi connectivity index (χ4v) is 3.32. The molecule has 2 atom stereocenters. The fourth-order valence-electron chi connectivity index (χ4n) is 3.32. The van der Waals surface area contributed by atoms with Crippen molar-refractivity contribution in [3.63, 3.8) is 0 Å². The average molecular weight is 329 g/mol. The molecule has 1 aromatic carbocycles. The maximum absolute atomic E-state index is 11.5. The van der Waals surface area contributed by atoms with E-state index in [1.54, 1.807) is 24.5 Å². The number of aliphatic hydroxyl groups is 1. The third kappa shape index (κ3) is 3.86. The molecule has 0 aliphatic carbocycles. The summed E-state index contributed by atoms with van der Waals surface area (Å²) in [6.45, 7) is 1.84. The predicted octanol–water partition coefficient (Wildman–Crippen LogP) is 3.15. The van der Waals surface area contributed by atoms with Crippen LogP contribution in [0.5, 0.6) is 0 Å². The molecule has 1 saturated heterocycles. The lowest BCUT2D eigenvalue weighted by Gasteiger charge is -2.26. The lowest BCUT2D eigenvalue weighted by atomic mass is 10.0. The van der Waals surface area contributed by atoms with Crippen molar-refractivity contribution >= 4 is 5.97 Å². The molecule has 2 unspecified atom stereocenters. The van der Waals surface area contributed by atoms with Gasteiger partial charge in [0.1, 0.15) is 11.9 Å². The number of esters is 1. The number of likely N-dealkylation sites (tertiary alicyclic amines) is 1. The molecule has 128 valence electrons. The summed E-state index contributed by atoms with van der Waals surface area (Å²) < 4.78 is 10.0.